The monoisotopic (exact) mass is 466 g/mol. The molecule has 0 saturated carbocycles. The normalized spacial score (nSPS) is 17.0. The quantitative estimate of drug-likeness (QED) is 0.668. The molecule has 0 radical (unpaired) electrons. The van der Waals surface area contributed by atoms with Gasteiger partial charge in [-0.1, -0.05) is 12.1 Å². The molecule has 0 unspecified atom stereocenters. The van der Waals surface area contributed by atoms with E-state index in [-0.39, 0.29) is 36.4 Å². The van der Waals surface area contributed by atoms with Gasteiger partial charge in [0, 0.05) is 24.3 Å². The van der Waals surface area contributed by atoms with Crippen molar-refractivity contribution in [1.29, 1.82) is 0 Å². The van der Waals surface area contributed by atoms with Crippen molar-refractivity contribution in [2.24, 2.45) is 0 Å². The molecule has 4 rings (SSSR count). The second-order valence-corrected chi connectivity index (χ2v) is 7.90. The number of ether oxygens (including phenoxy) is 2. The van der Waals surface area contributed by atoms with E-state index in [9.17, 15) is 18.0 Å². The van der Waals surface area contributed by atoms with E-state index >= 15 is 0 Å². The van der Waals surface area contributed by atoms with E-state index in [0.717, 1.165) is 0 Å². The van der Waals surface area contributed by atoms with Gasteiger partial charge in [0.05, 0.1) is 50.7 Å². The molecule has 1 atom stereocenters. The fourth-order valence-electron chi connectivity index (χ4n) is 4.09. The summed E-state index contributed by atoms with van der Waals surface area (Å²) in [5.41, 5.74) is 5.64. The molecule has 2 aliphatic rings. The fourth-order valence-corrected chi connectivity index (χ4v) is 4.09. The number of amides is 2. The molecule has 2 aliphatic heterocycles. The first-order valence-electron chi connectivity index (χ1n) is 10.5. The summed E-state index contributed by atoms with van der Waals surface area (Å²) in [5.74, 6) is 0.317. The topological polar surface area (TPSA) is 106 Å². The van der Waals surface area contributed by atoms with E-state index < -0.39 is 17.8 Å². The van der Waals surface area contributed by atoms with Crippen molar-refractivity contribution in [2.45, 2.75) is 32.2 Å². The standard InChI is InChI=1S/C21H25F3N6O3/c1-12(13-4-3-5-15(25)17(13)21(22,23)24)26-18-14-10-30(11-16(14)27-19(28-18)32-2)20(31)29-6-8-33-9-7-29/h3-5,12H,6-11,25H2,1-2H3,(H,26,27,28)/t12-/m1/s1. The summed E-state index contributed by atoms with van der Waals surface area (Å²) in [7, 11) is 1.40. The van der Waals surface area contributed by atoms with Crippen molar-refractivity contribution in [3.05, 3.63) is 40.6 Å². The van der Waals surface area contributed by atoms with Crippen LogP contribution in [0.5, 0.6) is 6.01 Å². The highest BCUT2D eigenvalue weighted by Crippen LogP contribution is 2.40. The predicted octanol–water partition coefficient (Wildman–Crippen LogP) is 3.03. The Hall–Kier alpha value is -3.28. The maximum absolute atomic E-state index is 13.7. The summed E-state index contributed by atoms with van der Waals surface area (Å²) in [6.45, 7) is 4.03. The van der Waals surface area contributed by atoms with Gasteiger partial charge in [0.15, 0.2) is 0 Å². The van der Waals surface area contributed by atoms with Crippen molar-refractivity contribution >= 4 is 17.5 Å². The Balaban J connectivity index is 1.62. The molecule has 1 saturated heterocycles. The Kier molecular flexibility index (Phi) is 6.19. The highest BCUT2D eigenvalue weighted by molar-refractivity contribution is 5.76. The van der Waals surface area contributed by atoms with Crippen molar-refractivity contribution in [3.8, 4) is 6.01 Å². The summed E-state index contributed by atoms with van der Waals surface area (Å²) < 4.78 is 51.4. The van der Waals surface area contributed by atoms with Crippen LogP contribution >= 0.6 is 0 Å². The zero-order chi connectivity index (χ0) is 23.8. The van der Waals surface area contributed by atoms with E-state index in [1.165, 1.54) is 25.3 Å². The van der Waals surface area contributed by atoms with Crippen molar-refractivity contribution in [1.82, 2.24) is 19.8 Å². The second kappa shape index (κ2) is 8.93. The van der Waals surface area contributed by atoms with Gasteiger partial charge in [-0.25, -0.2) is 4.79 Å². The van der Waals surface area contributed by atoms with Crippen LogP contribution in [0.1, 0.15) is 35.3 Å². The van der Waals surface area contributed by atoms with Crippen LogP contribution in [-0.2, 0) is 24.0 Å². The average molecular weight is 466 g/mol. The number of aromatic nitrogens is 2. The summed E-state index contributed by atoms with van der Waals surface area (Å²) in [4.78, 5) is 24.9. The number of carbonyl (C=O) groups is 1. The first-order chi connectivity index (χ1) is 15.7. The lowest BCUT2D eigenvalue weighted by Crippen LogP contribution is -2.46. The van der Waals surface area contributed by atoms with Crippen LogP contribution in [0.3, 0.4) is 0 Å². The summed E-state index contributed by atoms with van der Waals surface area (Å²) in [6.07, 6.45) is -4.61. The number of hydrogen-bond donors (Lipinski definition) is 2. The molecule has 2 aromatic rings. The molecular weight excluding hydrogens is 441 g/mol. The summed E-state index contributed by atoms with van der Waals surface area (Å²) >= 11 is 0. The van der Waals surface area contributed by atoms with E-state index in [1.54, 1.807) is 16.7 Å². The van der Waals surface area contributed by atoms with E-state index in [4.69, 9.17) is 15.2 Å². The number of nitrogens with two attached hydrogens (primary N) is 1. The lowest BCUT2D eigenvalue weighted by molar-refractivity contribution is -0.137. The maximum Gasteiger partial charge on any atom is 0.418 e. The largest absolute Gasteiger partial charge is 0.467 e. The van der Waals surface area contributed by atoms with Gasteiger partial charge in [-0.05, 0) is 18.6 Å². The van der Waals surface area contributed by atoms with Crippen molar-refractivity contribution < 1.29 is 27.4 Å². The van der Waals surface area contributed by atoms with Gasteiger partial charge in [-0.15, -0.1) is 0 Å². The first-order valence-corrected chi connectivity index (χ1v) is 10.5. The molecular formula is C21H25F3N6O3. The molecule has 9 nitrogen and oxygen atoms in total. The van der Waals surface area contributed by atoms with Crippen LogP contribution in [-0.4, -0.2) is 59.2 Å². The molecule has 3 heterocycles. The van der Waals surface area contributed by atoms with E-state index in [0.29, 0.717) is 43.4 Å². The third-order valence-corrected chi connectivity index (χ3v) is 5.73. The Morgan fingerprint density at radius 2 is 1.94 bits per heavy atom. The van der Waals surface area contributed by atoms with Gasteiger partial charge in [0.2, 0.25) is 0 Å². The number of halogens is 3. The molecule has 2 amide bonds. The lowest BCUT2D eigenvalue weighted by atomic mass is 9.99. The van der Waals surface area contributed by atoms with Crippen molar-refractivity contribution in [3.63, 3.8) is 0 Å². The molecule has 178 valence electrons. The van der Waals surface area contributed by atoms with Crippen LogP contribution in [0.25, 0.3) is 0 Å². The molecule has 1 aromatic carbocycles. The Morgan fingerprint density at radius 3 is 2.61 bits per heavy atom. The number of morpholine rings is 1. The Labute approximate surface area is 188 Å². The number of carbonyl (C=O) groups excluding carboxylic acids is 1. The predicted molar refractivity (Wildman–Crippen MR) is 114 cm³/mol. The smallest absolute Gasteiger partial charge is 0.418 e. The average Bonchev–Trinajstić information content (AvgIpc) is 3.22. The number of urea groups is 1. The van der Waals surface area contributed by atoms with Crippen LogP contribution in [0.4, 0.5) is 29.5 Å². The van der Waals surface area contributed by atoms with Gasteiger partial charge in [0.25, 0.3) is 0 Å². The minimum atomic E-state index is -4.61. The summed E-state index contributed by atoms with van der Waals surface area (Å²) in [5, 5.41) is 3.05. The van der Waals surface area contributed by atoms with E-state index in [2.05, 4.69) is 15.3 Å². The second-order valence-electron chi connectivity index (χ2n) is 7.90. The number of nitrogens with zero attached hydrogens (tertiary/aromatic N) is 4. The van der Waals surface area contributed by atoms with E-state index in [1.807, 2.05) is 0 Å². The molecule has 0 bridgehead atoms. The number of alkyl halides is 3. The number of nitrogen functional groups attached to an aromatic ring is 1. The number of benzene rings is 1. The molecule has 0 aliphatic carbocycles. The molecule has 1 fully saturated rings. The minimum absolute atomic E-state index is 0.00641. The number of fused-ring (bicyclic) bond motifs is 1. The number of methoxy groups -OCH3 is 1. The van der Waals surface area contributed by atoms with Gasteiger partial charge in [-0.3, -0.25) is 0 Å². The number of anilines is 2. The molecule has 1 aromatic heterocycles. The van der Waals surface area contributed by atoms with Gasteiger partial charge >= 0.3 is 18.2 Å². The molecule has 12 heteroatoms. The number of hydrogen-bond acceptors (Lipinski definition) is 7. The third-order valence-electron chi connectivity index (χ3n) is 5.73. The highest BCUT2D eigenvalue weighted by atomic mass is 19.4. The molecule has 3 N–H and O–H groups in total. The van der Waals surface area contributed by atoms with Crippen LogP contribution in [0.2, 0.25) is 0 Å². The SMILES string of the molecule is COc1nc2c(c(N[C@H](C)c3cccc(N)c3C(F)(F)F)n1)CN(C(=O)N1CCOCC1)C2. The van der Waals surface area contributed by atoms with Gasteiger partial charge in [0.1, 0.15) is 5.82 Å². The Morgan fingerprint density at radius 1 is 1.21 bits per heavy atom. The maximum atomic E-state index is 13.7. The number of rotatable bonds is 4. The summed E-state index contributed by atoms with van der Waals surface area (Å²) in [6, 6.07) is 3.21. The van der Waals surface area contributed by atoms with Crippen LogP contribution in [0.15, 0.2) is 18.2 Å². The number of nitrogens with one attached hydrogen (secondary N) is 1. The Bertz CT molecular complexity index is 1040. The molecule has 33 heavy (non-hydrogen) atoms. The van der Waals surface area contributed by atoms with Crippen molar-refractivity contribution in [2.75, 3.05) is 44.5 Å². The van der Waals surface area contributed by atoms with Gasteiger partial charge < -0.3 is 30.3 Å². The van der Waals surface area contributed by atoms with Crippen LogP contribution < -0.4 is 15.8 Å². The minimum Gasteiger partial charge on any atom is -0.467 e. The first kappa shape index (κ1) is 22.9. The molecule has 0 spiro atoms. The van der Waals surface area contributed by atoms with Gasteiger partial charge in [-0.2, -0.15) is 23.1 Å². The fraction of sp³-hybridized carbons (Fsp3) is 0.476. The highest BCUT2D eigenvalue weighted by Gasteiger charge is 2.37. The zero-order valence-electron chi connectivity index (χ0n) is 18.3. The third kappa shape index (κ3) is 4.61. The van der Waals surface area contributed by atoms with Crippen LogP contribution in [0, 0.1) is 0 Å². The lowest BCUT2D eigenvalue weighted by Gasteiger charge is -2.30. The zero-order valence-corrected chi connectivity index (χ0v) is 18.3.